The molecule has 0 aromatic carbocycles. The summed E-state index contributed by atoms with van der Waals surface area (Å²) in [5.74, 6) is 0. The molecule has 0 unspecified atom stereocenters. The van der Waals surface area contributed by atoms with Gasteiger partial charge in [-0.15, -0.1) is 11.3 Å². The van der Waals surface area contributed by atoms with E-state index in [0.29, 0.717) is 0 Å². The van der Waals surface area contributed by atoms with Crippen molar-refractivity contribution in [1.82, 2.24) is 14.8 Å². The summed E-state index contributed by atoms with van der Waals surface area (Å²) in [6.07, 6.45) is 1.95. The third kappa shape index (κ3) is 1.77. The lowest BCUT2D eigenvalue weighted by atomic mass is 10.4. The Hall–Kier alpha value is -1.36. The predicted molar refractivity (Wildman–Crippen MR) is 58.1 cm³/mol. The Morgan fingerprint density at radius 2 is 2.21 bits per heavy atom. The summed E-state index contributed by atoms with van der Waals surface area (Å²) in [6.45, 7) is 3.96. The van der Waals surface area contributed by atoms with Gasteiger partial charge < -0.3 is 5.32 Å². The van der Waals surface area contributed by atoms with Gasteiger partial charge in [0.2, 0.25) is 0 Å². The SMILES string of the molecule is Cc1csc(Nc2cn(C)nc2C)n1. The molecule has 0 spiro atoms. The Morgan fingerprint density at radius 1 is 1.43 bits per heavy atom. The number of rotatable bonds is 2. The van der Waals surface area contributed by atoms with Gasteiger partial charge in [0.05, 0.1) is 17.1 Å². The summed E-state index contributed by atoms with van der Waals surface area (Å²) >= 11 is 1.60. The Balaban J connectivity index is 2.22. The Labute approximate surface area is 86.6 Å². The van der Waals surface area contributed by atoms with Crippen LogP contribution in [-0.4, -0.2) is 14.8 Å². The quantitative estimate of drug-likeness (QED) is 0.823. The van der Waals surface area contributed by atoms with Crippen LogP contribution >= 0.6 is 11.3 Å². The molecule has 74 valence electrons. The average Bonchev–Trinajstić information content (AvgIpc) is 2.61. The molecule has 2 heterocycles. The molecule has 5 heteroatoms. The molecule has 0 radical (unpaired) electrons. The zero-order valence-corrected chi connectivity index (χ0v) is 9.22. The fraction of sp³-hybridized carbons (Fsp3) is 0.333. The minimum absolute atomic E-state index is 0.915. The van der Waals surface area contributed by atoms with E-state index in [-0.39, 0.29) is 0 Å². The predicted octanol–water partition coefficient (Wildman–Crippen LogP) is 2.24. The fourth-order valence-corrected chi connectivity index (χ4v) is 1.95. The number of thiazole rings is 1. The van der Waals surface area contributed by atoms with Crippen LogP contribution in [0.25, 0.3) is 0 Å². The van der Waals surface area contributed by atoms with E-state index in [2.05, 4.69) is 15.4 Å². The second kappa shape index (κ2) is 3.42. The van der Waals surface area contributed by atoms with Crippen molar-refractivity contribution in [3.8, 4) is 0 Å². The molecule has 0 saturated heterocycles. The van der Waals surface area contributed by atoms with Crippen LogP contribution < -0.4 is 5.32 Å². The number of aromatic nitrogens is 3. The topological polar surface area (TPSA) is 42.7 Å². The van der Waals surface area contributed by atoms with Gasteiger partial charge in [-0.1, -0.05) is 0 Å². The Kier molecular flexibility index (Phi) is 2.25. The monoisotopic (exact) mass is 208 g/mol. The largest absolute Gasteiger partial charge is 0.329 e. The van der Waals surface area contributed by atoms with E-state index in [1.165, 1.54) is 0 Å². The van der Waals surface area contributed by atoms with E-state index < -0.39 is 0 Å². The summed E-state index contributed by atoms with van der Waals surface area (Å²) in [5, 5.41) is 10.4. The highest BCUT2D eigenvalue weighted by molar-refractivity contribution is 7.13. The molecule has 4 nitrogen and oxygen atoms in total. The van der Waals surface area contributed by atoms with Crippen LogP contribution in [0.15, 0.2) is 11.6 Å². The van der Waals surface area contributed by atoms with Crippen LogP contribution in [0.1, 0.15) is 11.4 Å². The molecule has 0 amide bonds. The average molecular weight is 208 g/mol. The standard InChI is InChI=1S/C9H12N4S/c1-6-5-14-9(10-6)11-8-4-13(3)12-7(8)2/h4-5H,1-3H3,(H,10,11). The molecule has 0 atom stereocenters. The molecule has 1 N–H and O–H groups in total. The van der Waals surface area contributed by atoms with Crippen molar-refractivity contribution in [2.24, 2.45) is 7.05 Å². The van der Waals surface area contributed by atoms with Gasteiger partial charge in [-0.25, -0.2) is 4.98 Å². The number of nitrogens with one attached hydrogen (secondary N) is 1. The maximum absolute atomic E-state index is 4.33. The lowest BCUT2D eigenvalue weighted by Gasteiger charge is -1.97. The first-order chi connectivity index (χ1) is 6.65. The maximum Gasteiger partial charge on any atom is 0.187 e. The number of hydrogen-bond donors (Lipinski definition) is 1. The van der Waals surface area contributed by atoms with Crippen molar-refractivity contribution in [3.05, 3.63) is 23.0 Å². The van der Waals surface area contributed by atoms with Gasteiger partial charge in [-0.05, 0) is 13.8 Å². The zero-order valence-electron chi connectivity index (χ0n) is 8.40. The van der Waals surface area contributed by atoms with Crippen molar-refractivity contribution >= 4 is 22.2 Å². The molecule has 0 fully saturated rings. The summed E-state index contributed by atoms with van der Waals surface area (Å²) in [5.41, 5.74) is 3.04. The van der Waals surface area contributed by atoms with E-state index in [1.807, 2.05) is 32.5 Å². The highest BCUT2D eigenvalue weighted by atomic mass is 32.1. The first kappa shape index (κ1) is 9.21. The molecular formula is C9H12N4S. The summed E-state index contributed by atoms with van der Waals surface area (Å²) < 4.78 is 1.79. The number of hydrogen-bond acceptors (Lipinski definition) is 4. The Bertz CT molecular complexity index is 443. The van der Waals surface area contributed by atoms with Gasteiger partial charge in [0.15, 0.2) is 5.13 Å². The molecule has 14 heavy (non-hydrogen) atoms. The normalized spacial score (nSPS) is 10.5. The third-order valence-corrected chi connectivity index (χ3v) is 2.75. The molecule has 0 aliphatic heterocycles. The first-order valence-corrected chi connectivity index (χ1v) is 5.22. The lowest BCUT2D eigenvalue weighted by Crippen LogP contribution is -1.89. The van der Waals surface area contributed by atoms with Crippen LogP contribution in [0.3, 0.4) is 0 Å². The van der Waals surface area contributed by atoms with Crippen molar-refractivity contribution in [1.29, 1.82) is 0 Å². The van der Waals surface area contributed by atoms with Crippen LogP contribution in [0.2, 0.25) is 0 Å². The van der Waals surface area contributed by atoms with E-state index in [0.717, 1.165) is 22.2 Å². The second-order valence-corrected chi connectivity index (χ2v) is 4.08. The molecule has 0 bridgehead atoms. The number of nitrogens with zero attached hydrogens (tertiary/aromatic N) is 3. The van der Waals surface area contributed by atoms with Crippen molar-refractivity contribution in [2.75, 3.05) is 5.32 Å². The highest BCUT2D eigenvalue weighted by Gasteiger charge is 2.04. The summed E-state index contributed by atoms with van der Waals surface area (Å²) in [7, 11) is 1.91. The summed E-state index contributed by atoms with van der Waals surface area (Å²) in [6, 6.07) is 0. The van der Waals surface area contributed by atoms with Gasteiger partial charge in [0, 0.05) is 18.6 Å². The van der Waals surface area contributed by atoms with Gasteiger partial charge in [-0.2, -0.15) is 5.10 Å². The smallest absolute Gasteiger partial charge is 0.187 e. The number of aryl methyl sites for hydroxylation is 3. The molecular weight excluding hydrogens is 196 g/mol. The van der Waals surface area contributed by atoms with Crippen molar-refractivity contribution in [3.63, 3.8) is 0 Å². The molecule has 2 aromatic rings. The minimum atomic E-state index is 0.915. The van der Waals surface area contributed by atoms with E-state index in [9.17, 15) is 0 Å². The first-order valence-electron chi connectivity index (χ1n) is 4.34. The van der Waals surface area contributed by atoms with Crippen LogP contribution in [0.4, 0.5) is 10.8 Å². The lowest BCUT2D eigenvalue weighted by molar-refractivity contribution is 0.756. The van der Waals surface area contributed by atoms with E-state index >= 15 is 0 Å². The molecule has 0 aliphatic rings. The Morgan fingerprint density at radius 3 is 2.71 bits per heavy atom. The van der Waals surface area contributed by atoms with Gasteiger partial charge in [0.25, 0.3) is 0 Å². The van der Waals surface area contributed by atoms with Crippen LogP contribution in [0, 0.1) is 13.8 Å². The number of anilines is 2. The van der Waals surface area contributed by atoms with Gasteiger partial charge >= 0.3 is 0 Å². The van der Waals surface area contributed by atoms with Crippen LogP contribution in [-0.2, 0) is 7.05 Å². The minimum Gasteiger partial charge on any atom is -0.329 e. The van der Waals surface area contributed by atoms with Crippen LogP contribution in [0.5, 0.6) is 0 Å². The van der Waals surface area contributed by atoms with E-state index in [4.69, 9.17) is 0 Å². The molecule has 2 rings (SSSR count). The molecule has 2 aromatic heterocycles. The van der Waals surface area contributed by atoms with Crippen molar-refractivity contribution < 1.29 is 0 Å². The van der Waals surface area contributed by atoms with Gasteiger partial charge in [0.1, 0.15) is 0 Å². The maximum atomic E-state index is 4.33. The van der Waals surface area contributed by atoms with E-state index in [1.54, 1.807) is 16.0 Å². The van der Waals surface area contributed by atoms with Crippen molar-refractivity contribution in [2.45, 2.75) is 13.8 Å². The second-order valence-electron chi connectivity index (χ2n) is 3.22. The van der Waals surface area contributed by atoms with Gasteiger partial charge in [-0.3, -0.25) is 4.68 Å². The fourth-order valence-electron chi connectivity index (χ4n) is 1.25. The highest BCUT2D eigenvalue weighted by Crippen LogP contribution is 2.22. The third-order valence-electron chi connectivity index (χ3n) is 1.87. The molecule has 0 saturated carbocycles. The summed E-state index contributed by atoms with van der Waals surface area (Å²) in [4.78, 5) is 4.33. The zero-order chi connectivity index (χ0) is 10.1. The molecule has 0 aliphatic carbocycles.